The Bertz CT molecular complexity index is 1340. The third kappa shape index (κ3) is 6.16. The van der Waals surface area contributed by atoms with E-state index in [1.807, 2.05) is 27.7 Å². The number of ether oxygens (including phenoxy) is 1. The van der Waals surface area contributed by atoms with Crippen LogP contribution in [0, 0.1) is 17.6 Å². The largest absolute Gasteiger partial charge is 0.460 e. The number of benzene rings is 1. The molecule has 0 saturated heterocycles. The van der Waals surface area contributed by atoms with Crippen molar-refractivity contribution in [1.29, 1.82) is 0 Å². The number of amides is 2. The van der Waals surface area contributed by atoms with E-state index in [-0.39, 0.29) is 33.9 Å². The maximum atomic E-state index is 13.6. The zero-order valence-electron chi connectivity index (χ0n) is 22.4. The van der Waals surface area contributed by atoms with Gasteiger partial charge in [-0.15, -0.1) is 0 Å². The maximum absolute atomic E-state index is 13.6. The number of rotatable bonds is 6. The van der Waals surface area contributed by atoms with Crippen molar-refractivity contribution in [3.05, 3.63) is 51.8 Å². The van der Waals surface area contributed by atoms with E-state index in [1.54, 1.807) is 4.57 Å². The van der Waals surface area contributed by atoms with Crippen molar-refractivity contribution in [3.8, 4) is 0 Å². The summed E-state index contributed by atoms with van der Waals surface area (Å²) in [5.41, 5.74) is -0.818. The highest BCUT2D eigenvalue weighted by atomic mass is 35.5. The molecule has 2 amide bonds. The lowest BCUT2D eigenvalue weighted by Gasteiger charge is -2.37. The van der Waals surface area contributed by atoms with Crippen molar-refractivity contribution in [2.45, 2.75) is 83.9 Å². The standard InChI is InChI=1S/C28H32ClF2N3O5/c1-27(2,3)39-26(38)15-9-11-28(4,12-10-15)33-25(37)23(35)22-21(29)20(19-6-5-13-34(19)22)24(36)32-16-7-8-17(30)18(31)14-16/h7-8,14-15H,5-6,9-13H2,1-4H3,(H,32,36)(H,33,37). The summed E-state index contributed by atoms with van der Waals surface area (Å²) in [4.78, 5) is 51.9. The van der Waals surface area contributed by atoms with Gasteiger partial charge in [0.25, 0.3) is 17.6 Å². The summed E-state index contributed by atoms with van der Waals surface area (Å²) in [6, 6.07) is 2.94. The third-order valence-corrected chi connectivity index (χ3v) is 7.55. The summed E-state index contributed by atoms with van der Waals surface area (Å²) in [5, 5.41) is 5.14. The molecule has 4 rings (SSSR count). The lowest BCUT2D eigenvalue weighted by molar-refractivity contribution is -0.161. The van der Waals surface area contributed by atoms with Crippen molar-refractivity contribution in [2.24, 2.45) is 5.92 Å². The number of ketones is 1. The van der Waals surface area contributed by atoms with Crippen LogP contribution in [0.3, 0.4) is 0 Å². The fraction of sp³-hybridized carbons (Fsp3) is 0.500. The fourth-order valence-electron chi connectivity index (χ4n) is 5.20. The van der Waals surface area contributed by atoms with E-state index in [2.05, 4.69) is 10.6 Å². The van der Waals surface area contributed by atoms with Gasteiger partial charge in [0, 0.05) is 29.5 Å². The monoisotopic (exact) mass is 563 g/mol. The first kappa shape index (κ1) is 28.7. The molecule has 39 heavy (non-hydrogen) atoms. The second-order valence-corrected chi connectivity index (χ2v) is 11.9. The summed E-state index contributed by atoms with van der Waals surface area (Å²) >= 11 is 6.52. The summed E-state index contributed by atoms with van der Waals surface area (Å²) in [5.74, 6) is -5.13. The SMILES string of the molecule is CC1(NC(=O)C(=O)c2c(Cl)c(C(=O)Nc3ccc(F)c(F)c3)c3n2CCC3)CCC(C(=O)OC(C)(C)C)CC1. The van der Waals surface area contributed by atoms with Crippen LogP contribution in [0.2, 0.25) is 5.02 Å². The quantitative estimate of drug-likeness (QED) is 0.285. The molecule has 0 unspecified atom stereocenters. The number of anilines is 1. The highest BCUT2D eigenvalue weighted by molar-refractivity contribution is 6.48. The number of nitrogens with one attached hydrogen (secondary N) is 2. The molecule has 1 saturated carbocycles. The maximum Gasteiger partial charge on any atom is 0.309 e. The Balaban J connectivity index is 1.48. The molecule has 1 aromatic carbocycles. The molecule has 1 fully saturated rings. The van der Waals surface area contributed by atoms with Crippen molar-refractivity contribution in [2.75, 3.05) is 5.32 Å². The van der Waals surface area contributed by atoms with E-state index in [1.165, 1.54) is 6.07 Å². The van der Waals surface area contributed by atoms with Crippen LogP contribution in [0.25, 0.3) is 0 Å². The first-order valence-electron chi connectivity index (χ1n) is 13.0. The molecule has 2 aromatic rings. The van der Waals surface area contributed by atoms with Crippen LogP contribution in [0.1, 0.15) is 86.3 Å². The smallest absolute Gasteiger partial charge is 0.309 e. The van der Waals surface area contributed by atoms with Gasteiger partial charge in [-0.3, -0.25) is 19.2 Å². The van der Waals surface area contributed by atoms with Gasteiger partial charge in [-0.1, -0.05) is 11.6 Å². The Hall–Kier alpha value is -3.27. The minimum Gasteiger partial charge on any atom is -0.460 e. The average Bonchev–Trinajstić information content (AvgIpc) is 3.39. The molecule has 0 radical (unpaired) electrons. The van der Waals surface area contributed by atoms with Crippen LogP contribution in [0.5, 0.6) is 0 Å². The Morgan fingerprint density at radius 2 is 1.77 bits per heavy atom. The molecule has 210 valence electrons. The van der Waals surface area contributed by atoms with Crippen molar-refractivity contribution >= 4 is 40.9 Å². The molecule has 0 bridgehead atoms. The number of carbonyl (C=O) groups excluding carboxylic acids is 4. The molecule has 1 aliphatic heterocycles. The Morgan fingerprint density at radius 3 is 2.38 bits per heavy atom. The van der Waals surface area contributed by atoms with Gasteiger partial charge in [-0.05, 0) is 78.4 Å². The van der Waals surface area contributed by atoms with E-state index in [4.69, 9.17) is 16.3 Å². The molecule has 2 N–H and O–H groups in total. The van der Waals surface area contributed by atoms with Crippen molar-refractivity contribution < 1.29 is 32.7 Å². The second kappa shape index (κ2) is 10.7. The summed E-state index contributed by atoms with van der Waals surface area (Å²) in [6.07, 6.45) is 3.09. The number of esters is 1. The van der Waals surface area contributed by atoms with Gasteiger partial charge in [0.2, 0.25) is 0 Å². The number of Topliss-reactive ketones (excluding diaryl/α,β-unsaturated/α-hetero) is 1. The van der Waals surface area contributed by atoms with Crippen molar-refractivity contribution in [3.63, 3.8) is 0 Å². The first-order valence-corrected chi connectivity index (χ1v) is 13.3. The van der Waals surface area contributed by atoms with Crippen LogP contribution >= 0.6 is 11.6 Å². The average molecular weight is 564 g/mol. The molecular weight excluding hydrogens is 532 g/mol. The summed E-state index contributed by atoms with van der Waals surface area (Å²) in [6.45, 7) is 7.66. The van der Waals surface area contributed by atoms with E-state index in [0.29, 0.717) is 50.8 Å². The topological polar surface area (TPSA) is 106 Å². The van der Waals surface area contributed by atoms with E-state index < -0.39 is 40.4 Å². The van der Waals surface area contributed by atoms with E-state index in [9.17, 15) is 28.0 Å². The van der Waals surface area contributed by atoms with Gasteiger partial charge in [0.05, 0.1) is 16.5 Å². The predicted molar refractivity (Wildman–Crippen MR) is 141 cm³/mol. The number of aromatic nitrogens is 1. The normalized spacial score (nSPS) is 20.7. The third-order valence-electron chi connectivity index (χ3n) is 7.18. The van der Waals surface area contributed by atoms with Gasteiger partial charge in [0.15, 0.2) is 11.6 Å². The summed E-state index contributed by atoms with van der Waals surface area (Å²) < 4.78 is 33.9. The fourth-order valence-corrected chi connectivity index (χ4v) is 5.59. The molecule has 11 heteroatoms. The Labute approximate surface area is 230 Å². The first-order chi connectivity index (χ1) is 18.2. The minimum atomic E-state index is -1.12. The molecule has 0 atom stereocenters. The predicted octanol–water partition coefficient (Wildman–Crippen LogP) is 5.21. The Morgan fingerprint density at radius 1 is 1.10 bits per heavy atom. The molecule has 8 nitrogen and oxygen atoms in total. The highest BCUT2D eigenvalue weighted by Gasteiger charge is 2.40. The number of nitrogens with zero attached hydrogens (tertiary/aromatic N) is 1. The molecule has 1 aliphatic carbocycles. The lowest BCUT2D eigenvalue weighted by atomic mass is 9.77. The van der Waals surface area contributed by atoms with Crippen LogP contribution in [-0.2, 0) is 27.3 Å². The molecule has 2 heterocycles. The lowest BCUT2D eigenvalue weighted by Crippen LogP contribution is -2.51. The number of hydrogen-bond acceptors (Lipinski definition) is 5. The second-order valence-electron chi connectivity index (χ2n) is 11.5. The molecular formula is C28H32ClF2N3O5. The zero-order valence-corrected chi connectivity index (χ0v) is 23.1. The number of hydrogen-bond donors (Lipinski definition) is 2. The van der Waals surface area contributed by atoms with Gasteiger partial charge >= 0.3 is 5.97 Å². The highest BCUT2D eigenvalue weighted by Crippen LogP contribution is 2.36. The van der Waals surface area contributed by atoms with Crippen LogP contribution in [0.15, 0.2) is 18.2 Å². The molecule has 1 aromatic heterocycles. The van der Waals surface area contributed by atoms with Gasteiger partial charge < -0.3 is 19.9 Å². The molecule has 0 spiro atoms. The van der Waals surface area contributed by atoms with Crippen molar-refractivity contribution in [1.82, 2.24) is 9.88 Å². The zero-order chi connectivity index (χ0) is 28.7. The summed E-state index contributed by atoms with van der Waals surface area (Å²) in [7, 11) is 0. The minimum absolute atomic E-state index is 0.0217. The van der Waals surface area contributed by atoms with Gasteiger partial charge in [0.1, 0.15) is 11.3 Å². The van der Waals surface area contributed by atoms with Gasteiger partial charge in [-0.2, -0.15) is 0 Å². The number of halogens is 3. The number of carbonyl (C=O) groups is 4. The van der Waals surface area contributed by atoms with Gasteiger partial charge in [-0.25, -0.2) is 8.78 Å². The van der Waals surface area contributed by atoms with Crippen LogP contribution in [0.4, 0.5) is 14.5 Å². The van der Waals surface area contributed by atoms with E-state index >= 15 is 0 Å². The molecule has 2 aliphatic rings. The van der Waals surface area contributed by atoms with Crippen LogP contribution < -0.4 is 10.6 Å². The van der Waals surface area contributed by atoms with E-state index in [0.717, 1.165) is 12.1 Å². The Kier molecular flexibility index (Phi) is 7.89. The van der Waals surface area contributed by atoms with Crippen LogP contribution in [-0.4, -0.2) is 39.3 Å². The number of fused-ring (bicyclic) bond motifs is 1.